The molecular formula is C16H12B2N4. The highest BCUT2D eigenvalue weighted by Gasteiger charge is 2.04. The summed E-state index contributed by atoms with van der Waals surface area (Å²) in [6, 6.07) is 15.3. The second-order valence-electron chi connectivity index (χ2n) is 4.41. The van der Waals surface area contributed by atoms with Crippen LogP contribution in [0.1, 0.15) is 11.1 Å². The Morgan fingerprint density at radius 1 is 0.727 bits per heavy atom. The summed E-state index contributed by atoms with van der Waals surface area (Å²) in [5.74, 6) is 0. The van der Waals surface area contributed by atoms with E-state index in [-0.39, 0.29) is 0 Å². The summed E-state index contributed by atoms with van der Waals surface area (Å²) in [7, 11) is 11.7. The van der Waals surface area contributed by atoms with Crippen LogP contribution >= 0.6 is 0 Å². The molecule has 2 aromatic rings. The number of hydrogen-bond donors (Lipinski definition) is 0. The first-order valence-corrected chi connectivity index (χ1v) is 6.45. The van der Waals surface area contributed by atoms with E-state index in [9.17, 15) is 0 Å². The Bertz CT molecular complexity index is 701. The first-order valence-electron chi connectivity index (χ1n) is 6.45. The molecule has 0 saturated carbocycles. The van der Waals surface area contributed by atoms with E-state index in [1.807, 2.05) is 48.5 Å². The fourth-order valence-electron chi connectivity index (χ4n) is 1.98. The number of benzene rings is 2. The van der Waals surface area contributed by atoms with Crippen molar-refractivity contribution in [2.24, 2.45) is 20.4 Å². The average molecular weight is 282 g/mol. The lowest BCUT2D eigenvalue weighted by Gasteiger charge is -2.07. The predicted octanol–water partition coefficient (Wildman–Crippen LogP) is 2.42. The minimum Gasteiger partial charge on any atom is -0.168 e. The second kappa shape index (κ2) is 7.31. The zero-order chi connectivity index (χ0) is 15.9. The van der Waals surface area contributed by atoms with Gasteiger partial charge in [0.15, 0.2) is 0 Å². The lowest BCUT2D eigenvalue weighted by Crippen LogP contribution is -2.00. The second-order valence-corrected chi connectivity index (χ2v) is 4.41. The Kier molecular flexibility index (Phi) is 5.20. The van der Waals surface area contributed by atoms with Crippen molar-refractivity contribution < 1.29 is 0 Å². The normalized spacial score (nSPS) is 12.0. The van der Waals surface area contributed by atoms with E-state index in [1.54, 1.807) is 0 Å². The van der Waals surface area contributed by atoms with Crippen LogP contribution in [-0.4, -0.2) is 40.3 Å². The van der Waals surface area contributed by atoms with Gasteiger partial charge in [-0.25, -0.2) is 0 Å². The molecule has 22 heavy (non-hydrogen) atoms. The molecule has 0 unspecified atom stereocenters. The van der Waals surface area contributed by atoms with Gasteiger partial charge in [0, 0.05) is 24.7 Å². The molecule has 0 aliphatic heterocycles. The summed E-state index contributed by atoms with van der Waals surface area (Å²) in [5, 5.41) is 14.4. The molecule has 2 aromatic carbocycles. The molecule has 102 valence electrons. The zero-order valence-electron chi connectivity index (χ0n) is 12.0. The minimum atomic E-state index is 0.310. The fourth-order valence-corrected chi connectivity index (χ4v) is 1.98. The third kappa shape index (κ3) is 3.67. The molecule has 0 aliphatic rings. The molecule has 0 atom stereocenters. The van der Waals surface area contributed by atoms with Crippen LogP contribution in [0.4, 0.5) is 0 Å². The lowest BCUT2D eigenvalue weighted by molar-refractivity contribution is 1.27. The highest BCUT2D eigenvalue weighted by Crippen LogP contribution is 2.22. The quantitative estimate of drug-likeness (QED) is 0.459. The summed E-state index contributed by atoms with van der Waals surface area (Å²) >= 11 is 0. The van der Waals surface area contributed by atoms with Crippen LogP contribution in [0.3, 0.4) is 0 Å². The van der Waals surface area contributed by atoms with E-state index in [0.29, 0.717) is 11.2 Å². The first kappa shape index (κ1) is 15.6. The van der Waals surface area contributed by atoms with Crippen molar-refractivity contribution in [1.29, 1.82) is 0 Å². The molecule has 6 heteroatoms. The highest BCUT2D eigenvalue weighted by atomic mass is 15.2. The Hall–Kier alpha value is -2.75. The topological polar surface area (TPSA) is 49.4 Å². The maximum absolute atomic E-state index is 5.83. The van der Waals surface area contributed by atoms with E-state index in [4.69, 9.17) is 15.7 Å². The van der Waals surface area contributed by atoms with Gasteiger partial charge < -0.3 is 0 Å². The van der Waals surface area contributed by atoms with Crippen molar-refractivity contribution >= 4 is 40.3 Å². The van der Waals surface area contributed by atoms with Crippen LogP contribution in [0.15, 0.2) is 68.9 Å². The van der Waals surface area contributed by atoms with Crippen molar-refractivity contribution in [1.82, 2.24) is 0 Å². The van der Waals surface area contributed by atoms with Crippen LogP contribution in [0.2, 0.25) is 0 Å². The number of rotatable bonds is 5. The van der Waals surface area contributed by atoms with E-state index in [1.165, 1.54) is 0 Å². The van der Waals surface area contributed by atoms with Gasteiger partial charge in [0.05, 0.1) is 0 Å². The van der Waals surface area contributed by atoms with Gasteiger partial charge in [0.25, 0.3) is 0 Å². The van der Waals surface area contributed by atoms with E-state index >= 15 is 0 Å². The Morgan fingerprint density at radius 3 is 1.50 bits per heavy atom. The molecular weight excluding hydrogens is 270 g/mol. The van der Waals surface area contributed by atoms with Crippen molar-refractivity contribution in [2.45, 2.75) is 0 Å². The zero-order valence-corrected chi connectivity index (χ0v) is 12.0. The molecule has 0 aromatic heterocycles. The fraction of sp³-hybridized carbons (Fsp3) is 0. The summed E-state index contributed by atoms with van der Waals surface area (Å²) in [5.41, 5.74) is 4.10. The molecule has 0 saturated heterocycles. The molecule has 2 rings (SSSR count). The highest BCUT2D eigenvalue weighted by molar-refractivity contribution is 6.64. The third-order valence-electron chi connectivity index (χ3n) is 3.01. The van der Waals surface area contributed by atoms with Crippen LogP contribution in [0.25, 0.3) is 11.1 Å². The maximum Gasteiger partial charge on any atom is 0.145 e. The van der Waals surface area contributed by atoms with Crippen molar-refractivity contribution in [3.8, 4) is 11.1 Å². The molecule has 0 bridgehead atoms. The predicted molar refractivity (Wildman–Crippen MR) is 95.6 cm³/mol. The lowest BCUT2D eigenvalue weighted by atomic mass is 9.89. The van der Waals surface area contributed by atoms with Gasteiger partial charge in [-0.15, -0.1) is 0 Å². The monoisotopic (exact) mass is 282 g/mol. The van der Waals surface area contributed by atoms with Crippen LogP contribution in [-0.2, 0) is 0 Å². The number of hydrogen-bond acceptors (Lipinski definition) is 4. The molecule has 4 radical (unpaired) electrons. The molecule has 0 amide bonds. The first-order chi connectivity index (χ1) is 10.7. The van der Waals surface area contributed by atoms with E-state index < -0.39 is 0 Å². The Balaban J connectivity index is 2.44. The molecule has 4 nitrogen and oxygen atoms in total. The summed E-state index contributed by atoms with van der Waals surface area (Å²) in [4.78, 5) is 0. The largest absolute Gasteiger partial charge is 0.168 e. The molecule has 0 aliphatic carbocycles. The van der Waals surface area contributed by atoms with Gasteiger partial charge in [-0.05, 0) is 34.4 Å². The summed E-state index contributed by atoms with van der Waals surface area (Å²) in [6.45, 7) is 6.59. The van der Waals surface area contributed by atoms with Gasteiger partial charge in [0.1, 0.15) is 15.7 Å². The van der Waals surface area contributed by atoms with Crippen molar-refractivity contribution in [3.63, 3.8) is 0 Å². The van der Waals surface area contributed by atoms with Crippen molar-refractivity contribution in [2.75, 3.05) is 0 Å². The smallest absolute Gasteiger partial charge is 0.145 e. The third-order valence-corrected chi connectivity index (χ3v) is 3.01. The van der Waals surface area contributed by atoms with E-state index in [0.717, 1.165) is 22.3 Å². The molecule has 0 spiro atoms. The van der Waals surface area contributed by atoms with Crippen LogP contribution < -0.4 is 0 Å². The average Bonchev–Trinajstić information content (AvgIpc) is 2.55. The van der Waals surface area contributed by atoms with Crippen molar-refractivity contribution in [3.05, 3.63) is 59.7 Å². The summed E-state index contributed by atoms with van der Waals surface area (Å²) in [6.07, 6.45) is 0. The van der Waals surface area contributed by atoms with Gasteiger partial charge in [0.2, 0.25) is 0 Å². The van der Waals surface area contributed by atoms with Gasteiger partial charge >= 0.3 is 0 Å². The van der Waals surface area contributed by atoms with Gasteiger partial charge in [-0.2, -0.15) is 20.4 Å². The number of nitrogens with zero attached hydrogens (tertiary/aromatic N) is 4. The van der Waals surface area contributed by atoms with E-state index in [2.05, 4.69) is 33.8 Å². The Morgan fingerprint density at radius 2 is 1.14 bits per heavy atom. The van der Waals surface area contributed by atoms with Gasteiger partial charge in [-0.3, -0.25) is 0 Å². The minimum absolute atomic E-state index is 0.310. The van der Waals surface area contributed by atoms with Gasteiger partial charge in [-0.1, -0.05) is 36.4 Å². The van der Waals surface area contributed by atoms with Crippen LogP contribution in [0.5, 0.6) is 0 Å². The van der Waals surface area contributed by atoms with Crippen LogP contribution in [0, 0.1) is 0 Å². The SMILES string of the molecule is [B]/C(=N\N=C)c1cccc(-c2cccc(/C([B])=N/N=C)c2)c1. The molecule has 0 heterocycles. The standard InChI is InChI=1S/C16H12B2N4/c1-19-21-15(17)13-7-3-5-11(9-13)12-6-4-8-14(10-12)16(18)22-20-2/h3-10H,1-2H2/b21-15-,22-16-. The summed E-state index contributed by atoms with van der Waals surface area (Å²) < 4.78 is 0. The molecule has 0 fully saturated rings. The Labute approximate surface area is 132 Å². The molecule has 0 N–H and O–H groups in total. The maximum atomic E-state index is 5.83.